The second kappa shape index (κ2) is 9.00. The highest BCUT2D eigenvalue weighted by Crippen LogP contribution is 2.29. The Morgan fingerprint density at radius 1 is 1.13 bits per heavy atom. The average molecular weight is 440 g/mol. The van der Waals surface area contributed by atoms with E-state index in [4.69, 9.17) is 17.3 Å². The van der Waals surface area contributed by atoms with Gasteiger partial charge in [-0.2, -0.15) is 0 Å². The maximum atomic E-state index is 12.7. The van der Waals surface area contributed by atoms with Crippen molar-refractivity contribution in [3.05, 3.63) is 76.1 Å². The van der Waals surface area contributed by atoms with E-state index in [0.29, 0.717) is 16.4 Å². The summed E-state index contributed by atoms with van der Waals surface area (Å²) in [4.78, 5) is 28.1. The van der Waals surface area contributed by atoms with Crippen LogP contribution in [0.25, 0.3) is 10.4 Å². The van der Waals surface area contributed by atoms with E-state index in [1.807, 2.05) is 60.7 Å². The second-order valence-corrected chi connectivity index (χ2v) is 8.88. The number of nitrogens with two attached hydrogens (primary N) is 1. The van der Waals surface area contributed by atoms with Gasteiger partial charge in [0.1, 0.15) is 0 Å². The first-order chi connectivity index (χ1) is 14.5. The summed E-state index contributed by atoms with van der Waals surface area (Å²) in [6, 6.07) is 18.8. The van der Waals surface area contributed by atoms with E-state index in [1.54, 1.807) is 0 Å². The summed E-state index contributed by atoms with van der Waals surface area (Å²) >= 11 is 7.39. The molecule has 0 bridgehead atoms. The number of nitrogens with zero attached hydrogens (tertiary/aromatic N) is 1. The highest BCUT2D eigenvalue weighted by atomic mass is 35.5. The third-order valence-corrected chi connectivity index (χ3v) is 6.61. The lowest BCUT2D eigenvalue weighted by atomic mass is 10.1. The number of anilines is 1. The molecule has 1 unspecified atom stereocenters. The molecule has 1 aliphatic rings. The number of thiophene rings is 1. The van der Waals surface area contributed by atoms with Crippen LogP contribution in [0, 0.1) is 0 Å². The van der Waals surface area contributed by atoms with E-state index < -0.39 is 0 Å². The van der Waals surface area contributed by atoms with Crippen LogP contribution in [0.1, 0.15) is 28.1 Å². The van der Waals surface area contributed by atoms with E-state index in [9.17, 15) is 9.59 Å². The van der Waals surface area contributed by atoms with Crippen molar-refractivity contribution in [1.82, 2.24) is 4.90 Å². The first kappa shape index (κ1) is 20.6. The Labute approximate surface area is 184 Å². The molecule has 30 heavy (non-hydrogen) atoms. The molecule has 1 aromatic heterocycles. The maximum Gasteiger partial charge on any atom is 0.265 e. The quantitative estimate of drug-likeness (QED) is 0.580. The normalized spacial score (nSPS) is 16.5. The zero-order chi connectivity index (χ0) is 21.1. The van der Waals surface area contributed by atoms with Crippen LogP contribution in [-0.4, -0.2) is 29.3 Å². The monoisotopic (exact) mass is 439 g/mol. The summed E-state index contributed by atoms with van der Waals surface area (Å²) in [5, 5.41) is 3.66. The van der Waals surface area contributed by atoms with Gasteiger partial charge in [-0.1, -0.05) is 35.9 Å². The van der Waals surface area contributed by atoms with E-state index >= 15 is 0 Å². The molecule has 1 atom stereocenters. The van der Waals surface area contributed by atoms with Crippen LogP contribution in [-0.2, 0) is 11.3 Å². The molecule has 4 rings (SSSR count). The molecule has 3 aromatic rings. The van der Waals surface area contributed by atoms with Gasteiger partial charge in [-0.25, -0.2) is 0 Å². The third-order valence-electron chi connectivity index (χ3n) is 5.22. The number of hydrogen-bond donors (Lipinski definition) is 2. The fourth-order valence-electron chi connectivity index (χ4n) is 3.74. The van der Waals surface area contributed by atoms with Crippen molar-refractivity contribution in [2.45, 2.75) is 25.4 Å². The number of rotatable bonds is 6. The van der Waals surface area contributed by atoms with Crippen LogP contribution < -0.4 is 11.1 Å². The van der Waals surface area contributed by atoms with Crippen LogP contribution in [0.2, 0.25) is 5.02 Å². The van der Waals surface area contributed by atoms with Crippen molar-refractivity contribution < 1.29 is 9.59 Å². The number of primary amides is 1. The molecule has 2 amide bonds. The van der Waals surface area contributed by atoms with E-state index in [0.717, 1.165) is 41.1 Å². The molecule has 2 aromatic carbocycles. The van der Waals surface area contributed by atoms with E-state index in [2.05, 4.69) is 10.2 Å². The SMILES string of the molecule is NC(=O)C1CCCN1Cc1cccc(NC(=O)c2ccc(-c3ccc(Cl)cc3)s2)c1. The van der Waals surface area contributed by atoms with E-state index in [-0.39, 0.29) is 17.9 Å². The van der Waals surface area contributed by atoms with Crippen molar-refractivity contribution in [1.29, 1.82) is 0 Å². The summed E-state index contributed by atoms with van der Waals surface area (Å²) in [5.41, 5.74) is 8.30. The van der Waals surface area contributed by atoms with Crippen molar-refractivity contribution in [2.24, 2.45) is 5.73 Å². The van der Waals surface area contributed by atoms with Gasteiger partial charge in [-0.05, 0) is 66.9 Å². The number of nitrogens with one attached hydrogen (secondary N) is 1. The van der Waals surface area contributed by atoms with Crippen LogP contribution in [0.3, 0.4) is 0 Å². The topological polar surface area (TPSA) is 75.4 Å². The summed E-state index contributed by atoms with van der Waals surface area (Å²) in [7, 11) is 0. The molecule has 0 aliphatic carbocycles. The Morgan fingerprint density at radius 3 is 2.70 bits per heavy atom. The van der Waals surface area contributed by atoms with Gasteiger partial charge in [-0.3, -0.25) is 14.5 Å². The van der Waals surface area contributed by atoms with Crippen LogP contribution in [0.5, 0.6) is 0 Å². The fourth-order valence-corrected chi connectivity index (χ4v) is 4.77. The fraction of sp³-hybridized carbons (Fsp3) is 0.217. The zero-order valence-corrected chi connectivity index (χ0v) is 17.9. The molecule has 154 valence electrons. The number of carbonyl (C=O) groups is 2. The average Bonchev–Trinajstić information content (AvgIpc) is 3.39. The summed E-state index contributed by atoms with van der Waals surface area (Å²) in [5.74, 6) is -0.417. The van der Waals surface area contributed by atoms with Gasteiger partial charge < -0.3 is 11.1 Å². The summed E-state index contributed by atoms with van der Waals surface area (Å²) in [6.45, 7) is 1.49. The van der Waals surface area contributed by atoms with Crippen LogP contribution >= 0.6 is 22.9 Å². The third kappa shape index (κ3) is 4.73. The minimum Gasteiger partial charge on any atom is -0.368 e. The molecule has 1 aliphatic heterocycles. The lowest BCUT2D eigenvalue weighted by molar-refractivity contribution is -0.122. The summed E-state index contributed by atoms with van der Waals surface area (Å²) < 4.78 is 0. The number of halogens is 1. The smallest absolute Gasteiger partial charge is 0.265 e. The Bertz CT molecular complexity index is 1060. The zero-order valence-electron chi connectivity index (χ0n) is 16.3. The highest BCUT2D eigenvalue weighted by Gasteiger charge is 2.28. The molecule has 2 heterocycles. The highest BCUT2D eigenvalue weighted by molar-refractivity contribution is 7.17. The van der Waals surface area contributed by atoms with Crippen molar-refractivity contribution in [3.8, 4) is 10.4 Å². The van der Waals surface area contributed by atoms with Crippen molar-refractivity contribution >= 4 is 40.4 Å². The van der Waals surface area contributed by atoms with E-state index in [1.165, 1.54) is 11.3 Å². The molecule has 7 heteroatoms. The molecule has 3 N–H and O–H groups in total. The predicted molar refractivity (Wildman–Crippen MR) is 122 cm³/mol. The number of hydrogen-bond acceptors (Lipinski definition) is 4. The number of likely N-dealkylation sites (tertiary alicyclic amines) is 1. The largest absolute Gasteiger partial charge is 0.368 e. The first-order valence-electron chi connectivity index (χ1n) is 9.79. The van der Waals surface area contributed by atoms with Crippen molar-refractivity contribution in [2.75, 3.05) is 11.9 Å². The molecule has 1 saturated heterocycles. The molecule has 0 spiro atoms. The van der Waals surface area contributed by atoms with Gasteiger partial charge >= 0.3 is 0 Å². The first-order valence-corrected chi connectivity index (χ1v) is 11.0. The van der Waals surface area contributed by atoms with Gasteiger partial charge in [-0.15, -0.1) is 11.3 Å². The number of benzene rings is 2. The molecule has 0 radical (unpaired) electrons. The van der Waals surface area contributed by atoms with Crippen LogP contribution in [0.4, 0.5) is 5.69 Å². The molecular weight excluding hydrogens is 418 g/mol. The number of amides is 2. The molecule has 0 saturated carbocycles. The minimum absolute atomic E-state index is 0.145. The van der Waals surface area contributed by atoms with Gasteiger partial charge in [0, 0.05) is 22.1 Å². The maximum absolute atomic E-state index is 12.7. The second-order valence-electron chi connectivity index (χ2n) is 7.36. The standard InChI is InChI=1S/C23H22ClN3O2S/c24-17-8-6-16(7-9-17)20-10-11-21(30-20)23(29)26-18-4-1-3-15(13-18)14-27-12-2-5-19(27)22(25)28/h1,3-4,6-11,13,19H,2,5,12,14H2,(H2,25,28)(H,26,29). The minimum atomic E-state index is -0.272. The molecule has 1 fully saturated rings. The number of carbonyl (C=O) groups excluding carboxylic acids is 2. The lowest BCUT2D eigenvalue weighted by Crippen LogP contribution is -2.39. The van der Waals surface area contributed by atoms with Crippen molar-refractivity contribution in [3.63, 3.8) is 0 Å². The van der Waals surface area contributed by atoms with Gasteiger partial charge in [0.2, 0.25) is 5.91 Å². The Hall–Kier alpha value is -2.67. The van der Waals surface area contributed by atoms with Gasteiger partial charge in [0.05, 0.1) is 10.9 Å². The Balaban J connectivity index is 1.43. The Morgan fingerprint density at radius 2 is 1.93 bits per heavy atom. The van der Waals surface area contributed by atoms with Gasteiger partial charge in [0.25, 0.3) is 5.91 Å². The molecule has 5 nitrogen and oxygen atoms in total. The van der Waals surface area contributed by atoms with Crippen LogP contribution in [0.15, 0.2) is 60.7 Å². The Kier molecular flexibility index (Phi) is 6.18. The van der Waals surface area contributed by atoms with Gasteiger partial charge in [0.15, 0.2) is 0 Å². The predicted octanol–water partition coefficient (Wildman–Crippen LogP) is 4.77. The summed E-state index contributed by atoms with van der Waals surface area (Å²) in [6.07, 6.45) is 1.78. The lowest BCUT2D eigenvalue weighted by Gasteiger charge is -2.22. The molecular formula is C23H22ClN3O2S.